The molecule has 0 aromatic heterocycles. The van der Waals surface area contributed by atoms with E-state index in [-0.39, 0.29) is 11.9 Å². The van der Waals surface area contributed by atoms with Crippen LogP contribution in [0.15, 0.2) is 62.3 Å². The molecule has 0 atom stereocenters. The highest BCUT2D eigenvalue weighted by atomic mass is 32.2. The first-order valence-corrected chi connectivity index (χ1v) is 13.3. The summed E-state index contributed by atoms with van der Waals surface area (Å²) in [4.78, 5) is 25.1. The zero-order valence-corrected chi connectivity index (χ0v) is 21.0. The third-order valence-electron chi connectivity index (χ3n) is 6.50. The summed E-state index contributed by atoms with van der Waals surface area (Å²) in [6.07, 6.45) is 5.68. The maximum absolute atomic E-state index is 13.9. The zero-order chi connectivity index (χ0) is 22.9. The summed E-state index contributed by atoms with van der Waals surface area (Å²) in [5, 5.41) is 1.82. The number of benzene rings is 2. The molecule has 1 aliphatic carbocycles. The van der Waals surface area contributed by atoms with E-state index in [0.717, 1.165) is 62.1 Å². The lowest BCUT2D eigenvalue weighted by Gasteiger charge is -2.30. The molecule has 5 rings (SSSR count). The molecule has 2 heterocycles. The van der Waals surface area contributed by atoms with Crippen molar-refractivity contribution in [1.82, 2.24) is 4.90 Å². The van der Waals surface area contributed by atoms with Crippen LogP contribution in [-0.4, -0.2) is 35.7 Å². The Kier molecular flexibility index (Phi) is 6.43. The van der Waals surface area contributed by atoms with Crippen LogP contribution in [0.3, 0.4) is 0 Å². The number of aliphatic imine (C=N–C) groups is 1. The normalized spacial score (nSPS) is 22.4. The van der Waals surface area contributed by atoms with E-state index in [1.165, 1.54) is 31.0 Å². The Labute approximate surface area is 204 Å². The molecule has 2 aromatic carbocycles. The van der Waals surface area contributed by atoms with E-state index >= 15 is 0 Å². The number of anilines is 1. The molecule has 5 nitrogen and oxygen atoms in total. The molecular formula is C26H29N3O2S2. The second-order valence-corrected chi connectivity index (χ2v) is 10.6. The third kappa shape index (κ3) is 4.17. The molecule has 2 aromatic rings. The van der Waals surface area contributed by atoms with Crippen molar-refractivity contribution in [3.05, 3.63) is 58.0 Å². The first-order valence-electron chi connectivity index (χ1n) is 11.6. The van der Waals surface area contributed by atoms with E-state index in [1.54, 1.807) is 18.9 Å². The average molecular weight is 480 g/mol. The van der Waals surface area contributed by atoms with Gasteiger partial charge in [-0.2, -0.15) is 0 Å². The Bertz CT molecular complexity index is 1140. The predicted octanol–water partition coefficient (Wildman–Crippen LogP) is 6.70. The fraction of sp³-hybridized carbons (Fsp3) is 0.385. The predicted molar refractivity (Wildman–Crippen MR) is 138 cm³/mol. The smallest absolute Gasteiger partial charge is 0.269 e. The molecule has 1 amide bonds. The molecule has 7 heteroatoms. The van der Waals surface area contributed by atoms with Gasteiger partial charge in [0.15, 0.2) is 5.17 Å². The number of carbonyl (C=O) groups excluding carboxylic acids is 1. The molecule has 0 unspecified atom stereocenters. The standard InChI is InChI=1S/C26H29N3O2S2/c1-4-28-21-16-19(31-3)14-15-22(21)32-25(28)23-24(30)29(18-11-6-5-7-12-18)26(33-23)27-20-13-9-8-10-17(20)2/h8-10,13-16,18H,4-7,11-12H2,1-3H3. The Hall–Kier alpha value is -2.38. The number of nitrogens with zero attached hydrogens (tertiary/aromatic N) is 3. The van der Waals surface area contributed by atoms with Crippen LogP contribution in [0.25, 0.3) is 0 Å². The van der Waals surface area contributed by atoms with Crippen LogP contribution in [-0.2, 0) is 4.79 Å². The van der Waals surface area contributed by atoms with Crippen LogP contribution >= 0.6 is 23.5 Å². The minimum Gasteiger partial charge on any atom is -0.497 e. The molecule has 0 radical (unpaired) electrons. The van der Waals surface area contributed by atoms with Crippen LogP contribution in [0.4, 0.5) is 11.4 Å². The summed E-state index contributed by atoms with van der Waals surface area (Å²) in [5.41, 5.74) is 3.15. The first kappa shape index (κ1) is 22.4. The van der Waals surface area contributed by atoms with Gasteiger partial charge in [0.25, 0.3) is 5.91 Å². The van der Waals surface area contributed by atoms with E-state index < -0.39 is 0 Å². The van der Waals surface area contributed by atoms with Gasteiger partial charge < -0.3 is 9.64 Å². The number of fused-ring (bicyclic) bond motifs is 1. The summed E-state index contributed by atoms with van der Waals surface area (Å²) in [5.74, 6) is 0.926. The molecule has 0 N–H and O–H groups in total. The lowest BCUT2D eigenvalue weighted by atomic mass is 9.94. The molecule has 1 saturated carbocycles. The number of amides is 1. The fourth-order valence-electron chi connectivity index (χ4n) is 4.72. The van der Waals surface area contributed by atoms with Gasteiger partial charge in [0.1, 0.15) is 15.7 Å². The maximum Gasteiger partial charge on any atom is 0.269 e. The summed E-state index contributed by atoms with van der Waals surface area (Å²) in [7, 11) is 1.69. The molecule has 1 saturated heterocycles. The van der Waals surface area contributed by atoms with Gasteiger partial charge in [-0.25, -0.2) is 4.99 Å². The number of ether oxygens (including phenoxy) is 1. The quantitative estimate of drug-likeness (QED) is 0.457. The largest absolute Gasteiger partial charge is 0.497 e. The summed E-state index contributed by atoms with van der Waals surface area (Å²) in [6, 6.07) is 14.5. The van der Waals surface area contributed by atoms with E-state index in [0.29, 0.717) is 0 Å². The van der Waals surface area contributed by atoms with Crippen LogP contribution in [0.5, 0.6) is 5.75 Å². The SMILES string of the molecule is CCN1C(=C2SC(=Nc3ccccc3C)N(C3CCCCC3)C2=O)Sc2ccc(OC)cc21. The highest BCUT2D eigenvalue weighted by Crippen LogP contribution is 2.52. The van der Waals surface area contributed by atoms with E-state index in [4.69, 9.17) is 9.73 Å². The fourth-order valence-corrected chi connectivity index (χ4v) is 7.14. The molecular weight excluding hydrogens is 450 g/mol. The number of rotatable bonds is 4. The lowest BCUT2D eigenvalue weighted by Crippen LogP contribution is -2.40. The van der Waals surface area contributed by atoms with Crippen molar-refractivity contribution >= 4 is 46.0 Å². The molecule has 172 valence electrons. The van der Waals surface area contributed by atoms with Gasteiger partial charge in [0, 0.05) is 23.5 Å². The number of amidine groups is 1. The number of hydrogen-bond donors (Lipinski definition) is 0. The van der Waals surface area contributed by atoms with Crippen molar-refractivity contribution in [2.45, 2.75) is 56.9 Å². The first-order chi connectivity index (χ1) is 16.1. The Balaban J connectivity index is 1.58. The summed E-state index contributed by atoms with van der Waals surface area (Å²) >= 11 is 3.21. The Morgan fingerprint density at radius 2 is 1.88 bits per heavy atom. The van der Waals surface area contributed by atoms with Crippen molar-refractivity contribution in [3.63, 3.8) is 0 Å². The molecule has 0 spiro atoms. The van der Waals surface area contributed by atoms with Crippen LogP contribution < -0.4 is 9.64 Å². The molecule has 3 aliphatic rings. The van der Waals surface area contributed by atoms with Gasteiger partial charge in [-0.05, 0) is 62.2 Å². The zero-order valence-electron chi connectivity index (χ0n) is 19.3. The van der Waals surface area contributed by atoms with Crippen LogP contribution in [0.2, 0.25) is 0 Å². The Morgan fingerprint density at radius 1 is 1.09 bits per heavy atom. The van der Waals surface area contributed by atoms with Crippen molar-refractivity contribution < 1.29 is 9.53 Å². The maximum atomic E-state index is 13.9. The highest BCUT2D eigenvalue weighted by Gasteiger charge is 2.43. The van der Waals surface area contributed by atoms with Gasteiger partial charge in [-0.1, -0.05) is 49.2 Å². The lowest BCUT2D eigenvalue weighted by molar-refractivity contribution is -0.124. The number of hydrogen-bond acceptors (Lipinski definition) is 6. The second-order valence-electron chi connectivity index (χ2n) is 8.56. The van der Waals surface area contributed by atoms with E-state index in [1.807, 2.05) is 29.2 Å². The second kappa shape index (κ2) is 9.47. The van der Waals surface area contributed by atoms with Gasteiger partial charge in [-0.3, -0.25) is 9.69 Å². The summed E-state index contributed by atoms with van der Waals surface area (Å²) in [6.45, 7) is 4.98. The number of thioether (sulfide) groups is 2. The molecule has 0 bridgehead atoms. The van der Waals surface area contributed by atoms with Crippen molar-refractivity contribution in [2.75, 3.05) is 18.6 Å². The number of carbonyl (C=O) groups is 1. The molecule has 2 aliphatic heterocycles. The van der Waals surface area contributed by atoms with E-state index in [2.05, 4.69) is 36.9 Å². The van der Waals surface area contributed by atoms with Gasteiger partial charge in [0.2, 0.25) is 0 Å². The molecule has 33 heavy (non-hydrogen) atoms. The van der Waals surface area contributed by atoms with Gasteiger partial charge in [0.05, 0.1) is 18.5 Å². The van der Waals surface area contributed by atoms with Gasteiger partial charge >= 0.3 is 0 Å². The number of para-hydroxylation sites is 1. The summed E-state index contributed by atoms with van der Waals surface area (Å²) < 4.78 is 5.45. The average Bonchev–Trinajstić information content (AvgIpc) is 3.37. The Morgan fingerprint density at radius 3 is 2.61 bits per heavy atom. The third-order valence-corrected chi connectivity index (χ3v) is 8.86. The van der Waals surface area contributed by atoms with Gasteiger partial charge in [-0.15, -0.1) is 0 Å². The van der Waals surface area contributed by atoms with Crippen molar-refractivity contribution in [3.8, 4) is 5.75 Å². The molecule has 2 fully saturated rings. The van der Waals surface area contributed by atoms with Crippen molar-refractivity contribution in [2.24, 2.45) is 4.99 Å². The van der Waals surface area contributed by atoms with Crippen LogP contribution in [0.1, 0.15) is 44.6 Å². The minimum atomic E-state index is 0.0972. The van der Waals surface area contributed by atoms with Crippen molar-refractivity contribution in [1.29, 1.82) is 0 Å². The highest BCUT2D eigenvalue weighted by molar-refractivity contribution is 8.19. The number of aryl methyl sites for hydroxylation is 1. The van der Waals surface area contributed by atoms with E-state index in [9.17, 15) is 4.79 Å². The minimum absolute atomic E-state index is 0.0972. The topological polar surface area (TPSA) is 45.1 Å². The number of methoxy groups -OCH3 is 1. The monoisotopic (exact) mass is 479 g/mol. The van der Waals surface area contributed by atoms with Crippen LogP contribution in [0, 0.1) is 6.92 Å².